The number of aromatic nitrogens is 2. The molecule has 0 atom stereocenters. The van der Waals surface area contributed by atoms with Crippen molar-refractivity contribution in [3.05, 3.63) is 41.1 Å². The Morgan fingerprint density at radius 3 is 2.55 bits per heavy atom. The highest BCUT2D eigenvalue weighted by molar-refractivity contribution is 5.63. The second kappa shape index (κ2) is 6.04. The van der Waals surface area contributed by atoms with Crippen LogP contribution in [0.5, 0.6) is 0 Å². The van der Waals surface area contributed by atoms with Gasteiger partial charge in [0, 0.05) is 24.4 Å². The van der Waals surface area contributed by atoms with Crippen LogP contribution in [0.15, 0.2) is 24.3 Å². The molecule has 1 heterocycles. The van der Waals surface area contributed by atoms with E-state index in [-0.39, 0.29) is 0 Å². The highest BCUT2D eigenvalue weighted by Crippen LogP contribution is 2.24. The van der Waals surface area contributed by atoms with E-state index in [0.717, 1.165) is 29.3 Å². The van der Waals surface area contributed by atoms with Gasteiger partial charge in [0.2, 0.25) is 0 Å². The summed E-state index contributed by atoms with van der Waals surface area (Å²) in [5.41, 5.74) is 4.73. The molecule has 0 spiro atoms. The van der Waals surface area contributed by atoms with Gasteiger partial charge in [0.15, 0.2) is 5.82 Å². The zero-order chi connectivity index (χ0) is 14.7. The van der Waals surface area contributed by atoms with Crippen molar-refractivity contribution in [1.29, 1.82) is 0 Å². The molecule has 2 aromatic rings. The molecular weight excluding hydrogens is 246 g/mol. The zero-order valence-electron chi connectivity index (χ0n) is 13.0. The van der Waals surface area contributed by atoms with Crippen LogP contribution in [0, 0.1) is 19.8 Å². The minimum absolute atomic E-state index is 0.584. The second-order valence-electron chi connectivity index (χ2n) is 5.66. The van der Waals surface area contributed by atoms with Gasteiger partial charge in [-0.2, -0.15) is 0 Å². The van der Waals surface area contributed by atoms with E-state index in [0.29, 0.717) is 5.92 Å². The van der Waals surface area contributed by atoms with Crippen molar-refractivity contribution >= 4 is 5.82 Å². The predicted molar refractivity (Wildman–Crippen MR) is 85.0 cm³/mol. The molecule has 0 fully saturated rings. The number of hydrogen-bond acceptors (Lipinski definition) is 3. The number of hydrogen-bond donors (Lipinski definition) is 1. The van der Waals surface area contributed by atoms with Crippen LogP contribution in [0.1, 0.15) is 30.7 Å². The van der Waals surface area contributed by atoms with Crippen molar-refractivity contribution in [2.75, 3.05) is 12.4 Å². The molecule has 106 valence electrons. The first-order chi connectivity index (χ1) is 9.51. The van der Waals surface area contributed by atoms with Gasteiger partial charge in [-0.25, -0.2) is 9.97 Å². The number of nitrogens with one attached hydrogen (secondary N) is 1. The highest BCUT2D eigenvalue weighted by Gasteiger charge is 2.10. The monoisotopic (exact) mass is 269 g/mol. The van der Waals surface area contributed by atoms with E-state index in [9.17, 15) is 0 Å². The number of nitrogens with zero attached hydrogens (tertiary/aromatic N) is 2. The highest BCUT2D eigenvalue weighted by atomic mass is 15.0. The largest absolute Gasteiger partial charge is 0.373 e. The van der Waals surface area contributed by atoms with E-state index in [4.69, 9.17) is 4.98 Å². The molecule has 0 radical (unpaired) electrons. The molecule has 1 aromatic carbocycles. The van der Waals surface area contributed by atoms with Crippen LogP contribution >= 0.6 is 0 Å². The molecule has 0 saturated heterocycles. The SMILES string of the molecule is CNc1cc(CC(C)C)nc(-c2cccc(C)c2C)n1. The lowest BCUT2D eigenvalue weighted by molar-refractivity contribution is 0.635. The fraction of sp³-hybridized carbons (Fsp3) is 0.412. The molecule has 0 aliphatic carbocycles. The third-order valence-electron chi connectivity index (χ3n) is 3.50. The maximum Gasteiger partial charge on any atom is 0.162 e. The fourth-order valence-corrected chi connectivity index (χ4v) is 2.26. The Morgan fingerprint density at radius 2 is 1.90 bits per heavy atom. The Labute approximate surface area is 121 Å². The van der Waals surface area contributed by atoms with E-state index >= 15 is 0 Å². The molecule has 0 amide bonds. The number of rotatable bonds is 4. The topological polar surface area (TPSA) is 37.8 Å². The Hall–Kier alpha value is -1.90. The lowest BCUT2D eigenvalue weighted by atomic mass is 10.0. The minimum Gasteiger partial charge on any atom is -0.373 e. The number of aryl methyl sites for hydroxylation is 1. The van der Waals surface area contributed by atoms with Crippen LogP contribution in [-0.2, 0) is 6.42 Å². The van der Waals surface area contributed by atoms with Crippen molar-refractivity contribution in [3.8, 4) is 11.4 Å². The maximum absolute atomic E-state index is 4.74. The lowest BCUT2D eigenvalue weighted by Gasteiger charge is -2.12. The molecule has 3 nitrogen and oxygen atoms in total. The first kappa shape index (κ1) is 14.5. The van der Waals surface area contributed by atoms with Crippen LogP contribution < -0.4 is 5.32 Å². The molecule has 2 rings (SSSR count). The summed E-state index contributed by atoms with van der Waals surface area (Å²) in [6, 6.07) is 8.32. The van der Waals surface area contributed by atoms with Gasteiger partial charge in [0.1, 0.15) is 5.82 Å². The van der Waals surface area contributed by atoms with Gasteiger partial charge in [-0.05, 0) is 37.3 Å². The van der Waals surface area contributed by atoms with Crippen molar-refractivity contribution < 1.29 is 0 Å². The summed E-state index contributed by atoms with van der Waals surface area (Å²) in [5.74, 6) is 2.28. The third kappa shape index (κ3) is 3.16. The minimum atomic E-state index is 0.584. The normalized spacial score (nSPS) is 10.9. The molecule has 0 bridgehead atoms. The zero-order valence-corrected chi connectivity index (χ0v) is 13.0. The van der Waals surface area contributed by atoms with Gasteiger partial charge < -0.3 is 5.32 Å². The average Bonchev–Trinajstić information content (AvgIpc) is 2.40. The smallest absolute Gasteiger partial charge is 0.162 e. The van der Waals surface area contributed by atoms with Gasteiger partial charge in [-0.15, -0.1) is 0 Å². The molecule has 0 saturated carbocycles. The molecule has 3 heteroatoms. The fourth-order valence-electron chi connectivity index (χ4n) is 2.26. The summed E-state index contributed by atoms with van der Waals surface area (Å²) in [6.45, 7) is 8.66. The van der Waals surface area contributed by atoms with Crippen LogP contribution in [0.4, 0.5) is 5.82 Å². The van der Waals surface area contributed by atoms with E-state index < -0.39 is 0 Å². The third-order valence-corrected chi connectivity index (χ3v) is 3.50. The first-order valence-electron chi connectivity index (χ1n) is 7.13. The second-order valence-corrected chi connectivity index (χ2v) is 5.66. The van der Waals surface area contributed by atoms with E-state index in [1.54, 1.807) is 0 Å². The quantitative estimate of drug-likeness (QED) is 0.911. The number of benzene rings is 1. The molecule has 20 heavy (non-hydrogen) atoms. The van der Waals surface area contributed by atoms with Gasteiger partial charge in [-0.1, -0.05) is 32.0 Å². The summed E-state index contributed by atoms with van der Waals surface area (Å²) in [5, 5.41) is 3.13. The van der Waals surface area contributed by atoms with E-state index in [1.165, 1.54) is 11.1 Å². The first-order valence-corrected chi connectivity index (χ1v) is 7.13. The van der Waals surface area contributed by atoms with Crippen molar-refractivity contribution in [2.24, 2.45) is 5.92 Å². The lowest BCUT2D eigenvalue weighted by Crippen LogP contribution is -2.04. The van der Waals surface area contributed by atoms with Crippen molar-refractivity contribution in [2.45, 2.75) is 34.1 Å². The molecule has 0 aliphatic rings. The van der Waals surface area contributed by atoms with Crippen molar-refractivity contribution in [3.63, 3.8) is 0 Å². The Bertz CT molecular complexity index is 603. The summed E-state index contributed by atoms with van der Waals surface area (Å²) in [7, 11) is 1.90. The summed E-state index contributed by atoms with van der Waals surface area (Å²) in [6.07, 6.45) is 0.967. The summed E-state index contributed by atoms with van der Waals surface area (Å²) >= 11 is 0. The van der Waals surface area contributed by atoms with Crippen molar-refractivity contribution in [1.82, 2.24) is 9.97 Å². The number of anilines is 1. The summed E-state index contributed by atoms with van der Waals surface area (Å²) in [4.78, 5) is 9.35. The Balaban J connectivity index is 2.52. The molecule has 1 N–H and O–H groups in total. The molecular formula is C17H23N3. The van der Waals surface area contributed by atoms with Crippen LogP contribution in [0.25, 0.3) is 11.4 Å². The standard InChI is InChI=1S/C17H23N3/c1-11(2)9-14-10-16(18-5)20-17(19-14)15-8-6-7-12(3)13(15)4/h6-8,10-11H,9H2,1-5H3,(H,18,19,20). The van der Waals surface area contributed by atoms with Crippen LogP contribution in [0.2, 0.25) is 0 Å². The van der Waals surface area contributed by atoms with Crippen LogP contribution in [-0.4, -0.2) is 17.0 Å². The average molecular weight is 269 g/mol. The van der Waals surface area contributed by atoms with Crippen LogP contribution in [0.3, 0.4) is 0 Å². The van der Waals surface area contributed by atoms with E-state index in [1.807, 2.05) is 13.1 Å². The van der Waals surface area contributed by atoms with Gasteiger partial charge in [0.25, 0.3) is 0 Å². The van der Waals surface area contributed by atoms with Gasteiger partial charge >= 0.3 is 0 Å². The maximum atomic E-state index is 4.74. The molecule has 1 aromatic heterocycles. The van der Waals surface area contributed by atoms with Gasteiger partial charge in [0.05, 0.1) is 0 Å². The Morgan fingerprint density at radius 1 is 1.15 bits per heavy atom. The molecule has 0 aliphatic heterocycles. The molecule has 0 unspecified atom stereocenters. The van der Waals surface area contributed by atoms with E-state index in [2.05, 4.69) is 56.2 Å². The Kier molecular flexibility index (Phi) is 4.38. The predicted octanol–water partition coefficient (Wildman–Crippen LogP) is 4.00. The van der Waals surface area contributed by atoms with Gasteiger partial charge in [-0.3, -0.25) is 0 Å². The summed E-state index contributed by atoms with van der Waals surface area (Å²) < 4.78 is 0.